The predicted molar refractivity (Wildman–Crippen MR) is 184 cm³/mol. The van der Waals surface area contributed by atoms with Gasteiger partial charge in [-0.2, -0.15) is 9.97 Å². The van der Waals surface area contributed by atoms with Crippen molar-refractivity contribution in [3.05, 3.63) is 64.6 Å². The Kier molecular flexibility index (Phi) is 8.56. The molecule has 0 radical (unpaired) electrons. The maximum Gasteiger partial charge on any atom is 0.410 e. The number of aryl methyl sites for hydroxylation is 1. The van der Waals surface area contributed by atoms with Gasteiger partial charge in [-0.05, 0) is 64.0 Å². The number of benzene rings is 2. The van der Waals surface area contributed by atoms with Gasteiger partial charge in [-0.25, -0.2) is 15.8 Å². The third-order valence-electron chi connectivity index (χ3n) is 10.1. The molecule has 1 saturated carbocycles. The van der Waals surface area contributed by atoms with Crippen LogP contribution < -0.4 is 14.5 Å². The minimum Gasteiger partial charge on any atom is -0.463 e. The van der Waals surface area contributed by atoms with E-state index in [9.17, 15) is 9.18 Å². The minimum atomic E-state index is -0.718. The van der Waals surface area contributed by atoms with Crippen LogP contribution >= 0.6 is 0 Å². The number of nitrogens with zero attached hydrogens (tertiary/aromatic N) is 7. The molecule has 3 aliphatic heterocycles. The number of halogens is 1. The summed E-state index contributed by atoms with van der Waals surface area (Å²) in [6, 6.07) is 12.9. The van der Waals surface area contributed by atoms with Gasteiger partial charge in [0.1, 0.15) is 23.6 Å². The van der Waals surface area contributed by atoms with E-state index in [0.29, 0.717) is 51.9 Å². The second-order valence-corrected chi connectivity index (χ2v) is 15.1. The molecule has 2 aromatic carbocycles. The summed E-state index contributed by atoms with van der Waals surface area (Å²) < 4.78 is 25.7. The largest absolute Gasteiger partial charge is 0.463 e. The summed E-state index contributed by atoms with van der Waals surface area (Å²) in [5.74, 6) is 0.829. The van der Waals surface area contributed by atoms with Crippen LogP contribution in [-0.4, -0.2) is 103 Å². The van der Waals surface area contributed by atoms with Gasteiger partial charge in [0.2, 0.25) is 6.54 Å². The Morgan fingerprint density at radius 3 is 2.54 bits per heavy atom. The molecule has 1 amide bonds. The van der Waals surface area contributed by atoms with Gasteiger partial charge in [-0.1, -0.05) is 30.3 Å². The van der Waals surface area contributed by atoms with E-state index in [1.165, 1.54) is 22.0 Å². The normalized spacial score (nSPS) is 21.0. The maximum absolute atomic E-state index is 13.5. The highest BCUT2D eigenvalue weighted by Crippen LogP contribution is 2.47. The number of fused-ring (bicyclic) bond motifs is 2. The first kappa shape index (κ1) is 32.4. The monoisotopic (exact) mass is 655 g/mol. The molecular weight excluding hydrogens is 609 g/mol. The fraction of sp³-hybridized carbons (Fsp3) is 0.568. The van der Waals surface area contributed by atoms with Gasteiger partial charge >= 0.3 is 12.1 Å². The molecule has 4 heterocycles. The van der Waals surface area contributed by atoms with Crippen molar-refractivity contribution in [2.45, 2.75) is 71.3 Å². The number of alkyl halides is 1. The number of piperazine rings is 1. The van der Waals surface area contributed by atoms with Crippen LogP contribution in [0.15, 0.2) is 36.4 Å². The predicted octanol–water partition coefficient (Wildman–Crippen LogP) is 5.66. The van der Waals surface area contributed by atoms with Crippen molar-refractivity contribution in [1.29, 1.82) is 0 Å². The lowest BCUT2D eigenvalue weighted by Crippen LogP contribution is -2.57. The highest BCUT2D eigenvalue weighted by atomic mass is 19.1. The van der Waals surface area contributed by atoms with Crippen LogP contribution in [-0.2, 0) is 17.7 Å². The van der Waals surface area contributed by atoms with Gasteiger partial charge in [0.15, 0.2) is 0 Å². The highest BCUT2D eigenvalue weighted by molar-refractivity contribution is 5.97. The van der Waals surface area contributed by atoms with Crippen LogP contribution in [0.3, 0.4) is 0 Å². The summed E-state index contributed by atoms with van der Waals surface area (Å²) >= 11 is 0. The standard InChI is InChI=1S/C37H46FN7O3/c1-25-8-6-9-26-10-7-11-31(32(25)26)43-15-12-29-30(22-43)40-34(47-24-37(13-14-37)23-42-19-27(38)20-42)41-33(29)44-16-17-45(28(21-44)18-39-5)35(46)48-36(2,3)4/h6-11,27-28H,12-24H2,1-4H3. The van der Waals surface area contributed by atoms with Crippen molar-refractivity contribution < 1.29 is 18.7 Å². The van der Waals surface area contributed by atoms with Crippen molar-refractivity contribution in [2.24, 2.45) is 5.41 Å². The summed E-state index contributed by atoms with van der Waals surface area (Å²) in [5.41, 5.74) is 3.87. The summed E-state index contributed by atoms with van der Waals surface area (Å²) in [4.78, 5) is 35.4. The molecule has 1 unspecified atom stereocenters. The van der Waals surface area contributed by atoms with Gasteiger partial charge in [-0.15, -0.1) is 0 Å². The summed E-state index contributed by atoms with van der Waals surface area (Å²) in [6.45, 7) is 20.8. The zero-order valence-electron chi connectivity index (χ0n) is 28.5. The molecule has 254 valence electrons. The van der Waals surface area contributed by atoms with Crippen molar-refractivity contribution in [2.75, 3.05) is 68.8 Å². The Hall–Kier alpha value is -4.17. The van der Waals surface area contributed by atoms with Crippen LogP contribution in [0.25, 0.3) is 15.6 Å². The number of hydrogen-bond acceptors (Lipinski definition) is 8. The summed E-state index contributed by atoms with van der Waals surface area (Å²) in [5, 5.41) is 2.47. The molecule has 11 heteroatoms. The van der Waals surface area contributed by atoms with Crippen LogP contribution in [0.4, 0.5) is 20.7 Å². The van der Waals surface area contributed by atoms with Crippen LogP contribution in [0.1, 0.15) is 50.4 Å². The second-order valence-electron chi connectivity index (χ2n) is 15.1. The summed E-state index contributed by atoms with van der Waals surface area (Å²) in [6.07, 6.45) is 1.76. The number of anilines is 2. The molecule has 10 nitrogen and oxygen atoms in total. The topological polar surface area (TPSA) is 78.6 Å². The smallest absolute Gasteiger partial charge is 0.410 e. The first-order valence-corrected chi connectivity index (χ1v) is 17.2. The van der Waals surface area contributed by atoms with Gasteiger partial charge < -0.3 is 24.1 Å². The third-order valence-corrected chi connectivity index (χ3v) is 10.1. The quantitative estimate of drug-likeness (QED) is 0.288. The van der Waals surface area contributed by atoms with Crippen molar-refractivity contribution >= 4 is 28.4 Å². The Balaban J connectivity index is 1.18. The number of carbonyl (C=O) groups excluding carboxylic acids is 1. The minimum absolute atomic E-state index is 0.0197. The number of aromatic nitrogens is 2. The van der Waals surface area contributed by atoms with Gasteiger partial charge in [0.05, 0.1) is 18.8 Å². The molecule has 0 spiro atoms. The number of ether oxygens (including phenoxy) is 2. The van der Waals surface area contributed by atoms with Crippen LogP contribution in [0.5, 0.6) is 6.01 Å². The Morgan fingerprint density at radius 2 is 1.83 bits per heavy atom. The first-order valence-electron chi connectivity index (χ1n) is 17.2. The Bertz CT molecular complexity index is 1720. The SMILES string of the molecule is [C-]#[N+]CC1CN(c2nc(OCC3(CN4CC(F)C4)CC3)nc3c2CCN(c2cccc4cccc(C)c24)C3)CCN1C(=O)OC(C)(C)C. The van der Waals surface area contributed by atoms with Crippen molar-refractivity contribution in [3.63, 3.8) is 0 Å². The molecule has 2 saturated heterocycles. The van der Waals surface area contributed by atoms with E-state index in [1.54, 1.807) is 4.90 Å². The van der Waals surface area contributed by atoms with E-state index in [1.807, 2.05) is 20.8 Å². The molecule has 3 fully saturated rings. The van der Waals surface area contributed by atoms with Crippen LogP contribution in [0.2, 0.25) is 0 Å². The zero-order chi connectivity index (χ0) is 33.6. The van der Waals surface area contributed by atoms with Crippen molar-refractivity contribution in [3.8, 4) is 6.01 Å². The van der Waals surface area contributed by atoms with E-state index >= 15 is 0 Å². The highest BCUT2D eigenvalue weighted by Gasteiger charge is 2.47. The van der Waals surface area contributed by atoms with E-state index < -0.39 is 11.8 Å². The second kappa shape index (κ2) is 12.7. The molecule has 3 aromatic rings. The van der Waals surface area contributed by atoms with E-state index in [2.05, 4.69) is 62.9 Å². The average molecular weight is 656 g/mol. The number of hydrogen-bond donors (Lipinski definition) is 0. The summed E-state index contributed by atoms with van der Waals surface area (Å²) in [7, 11) is 0. The van der Waals surface area contributed by atoms with E-state index in [4.69, 9.17) is 26.0 Å². The first-order chi connectivity index (χ1) is 23.0. The number of carbonyl (C=O) groups is 1. The van der Waals surface area contributed by atoms with Crippen molar-refractivity contribution in [1.82, 2.24) is 19.8 Å². The van der Waals surface area contributed by atoms with Crippen LogP contribution in [0, 0.1) is 18.9 Å². The third kappa shape index (κ3) is 6.73. The molecule has 7 rings (SSSR count). The van der Waals surface area contributed by atoms with Gasteiger partial charge in [0.25, 0.3) is 0 Å². The lowest BCUT2D eigenvalue weighted by atomic mass is 9.99. The number of rotatable bonds is 8. The van der Waals surface area contributed by atoms with Gasteiger partial charge in [-0.3, -0.25) is 9.80 Å². The molecule has 48 heavy (non-hydrogen) atoms. The molecule has 1 aromatic heterocycles. The molecule has 4 aliphatic rings. The molecule has 0 bridgehead atoms. The maximum atomic E-state index is 13.5. The molecular formula is C37H46FN7O3. The Morgan fingerprint density at radius 1 is 1.06 bits per heavy atom. The van der Waals surface area contributed by atoms with E-state index in [0.717, 1.165) is 49.4 Å². The van der Waals surface area contributed by atoms with E-state index in [-0.39, 0.29) is 24.1 Å². The zero-order valence-corrected chi connectivity index (χ0v) is 28.5. The fourth-order valence-corrected chi connectivity index (χ4v) is 7.41. The molecule has 1 atom stereocenters. The number of likely N-dealkylation sites (tertiary alicyclic amines) is 1. The fourth-order valence-electron chi connectivity index (χ4n) is 7.41. The lowest BCUT2D eigenvalue weighted by molar-refractivity contribution is 0.0155. The average Bonchev–Trinajstić information content (AvgIpc) is 3.81. The lowest BCUT2D eigenvalue weighted by Gasteiger charge is -2.41. The number of amides is 1. The molecule has 1 aliphatic carbocycles. The van der Waals surface area contributed by atoms with Gasteiger partial charge in [0, 0.05) is 67.9 Å². The molecule has 0 N–H and O–H groups in total. The Labute approximate surface area is 282 Å².